The van der Waals surface area contributed by atoms with Crippen molar-refractivity contribution in [2.24, 2.45) is 0 Å². The summed E-state index contributed by atoms with van der Waals surface area (Å²) in [5, 5.41) is 10.6. The molecule has 0 amide bonds. The Kier molecular flexibility index (Phi) is 71.0. The summed E-state index contributed by atoms with van der Waals surface area (Å²) in [5.74, 6) is -2.27. The molecule has 0 saturated heterocycles. The van der Waals surface area contributed by atoms with Crippen molar-refractivity contribution in [3.63, 3.8) is 0 Å². The highest BCUT2D eigenvalue weighted by molar-refractivity contribution is 7.47. The fraction of sp³-hybridized carbons (Fsp3) is 0.687. The van der Waals surface area contributed by atoms with Crippen LogP contribution >= 0.6 is 15.6 Å². The van der Waals surface area contributed by atoms with E-state index in [1.54, 1.807) is 0 Å². The molecule has 0 rings (SSSR count). The van der Waals surface area contributed by atoms with Crippen LogP contribution < -0.4 is 0 Å². The third kappa shape index (κ3) is 73.5. The molecule has 0 saturated carbocycles. The number of aliphatic hydroxyl groups excluding tert-OH is 1. The second-order valence-electron chi connectivity index (χ2n) is 25.9. The first-order chi connectivity index (χ1) is 49.7. The van der Waals surface area contributed by atoms with E-state index in [2.05, 4.69) is 149 Å². The molecule has 584 valence electrons. The molecule has 0 aliphatic carbocycles. The monoisotopic (exact) mass is 1470 g/mol. The second kappa shape index (κ2) is 74.5. The predicted molar refractivity (Wildman–Crippen MR) is 418 cm³/mol. The Bertz CT molecular complexity index is 2460. The highest BCUT2D eigenvalue weighted by Crippen LogP contribution is 2.45. The van der Waals surface area contributed by atoms with Gasteiger partial charge in [0.25, 0.3) is 0 Å². The molecular weight excluding hydrogens is 1330 g/mol. The first-order valence-electron chi connectivity index (χ1n) is 39.4. The van der Waals surface area contributed by atoms with E-state index in [4.69, 9.17) is 37.0 Å². The number of unbranched alkanes of at least 4 members (excludes halogenated alkanes) is 25. The van der Waals surface area contributed by atoms with Crippen LogP contribution in [-0.4, -0.2) is 96.7 Å². The minimum Gasteiger partial charge on any atom is -0.462 e. The van der Waals surface area contributed by atoms with Crippen molar-refractivity contribution in [1.82, 2.24) is 0 Å². The molecule has 0 aliphatic heterocycles. The van der Waals surface area contributed by atoms with Crippen LogP contribution in [0.4, 0.5) is 0 Å². The van der Waals surface area contributed by atoms with Crippen LogP contribution in [-0.2, 0) is 65.4 Å². The summed E-state index contributed by atoms with van der Waals surface area (Å²) >= 11 is 0. The molecule has 0 aromatic carbocycles. The third-order valence-corrected chi connectivity index (χ3v) is 18.0. The van der Waals surface area contributed by atoms with Crippen LogP contribution in [0.15, 0.2) is 134 Å². The van der Waals surface area contributed by atoms with Gasteiger partial charge in [0.05, 0.1) is 26.4 Å². The van der Waals surface area contributed by atoms with E-state index in [0.717, 1.165) is 167 Å². The Balaban J connectivity index is 5.41. The molecule has 5 atom stereocenters. The molecule has 17 nitrogen and oxygen atoms in total. The lowest BCUT2D eigenvalue weighted by Crippen LogP contribution is -2.30. The molecular formula is C83H140O17P2. The highest BCUT2D eigenvalue weighted by Gasteiger charge is 2.30. The lowest BCUT2D eigenvalue weighted by atomic mass is 10.1. The lowest BCUT2D eigenvalue weighted by molar-refractivity contribution is -0.161. The van der Waals surface area contributed by atoms with Crippen LogP contribution in [0.25, 0.3) is 0 Å². The van der Waals surface area contributed by atoms with Gasteiger partial charge in [-0.25, -0.2) is 9.13 Å². The number of hydrogen-bond donors (Lipinski definition) is 3. The summed E-state index contributed by atoms with van der Waals surface area (Å²) in [6.45, 7) is 4.52. The fourth-order valence-corrected chi connectivity index (χ4v) is 11.7. The molecule has 0 bridgehead atoms. The Morgan fingerprint density at radius 3 is 0.843 bits per heavy atom. The number of allylic oxidation sites excluding steroid dienone is 22. The van der Waals surface area contributed by atoms with E-state index in [1.165, 1.54) is 57.8 Å². The summed E-state index contributed by atoms with van der Waals surface area (Å²) in [5.41, 5.74) is 0. The maximum atomic E-state index is 13.1. The minimum absolute atomic E-state index is 0.0106. The number of carbonyl (C=O) groups is 4. The molecule has 19 heteroatoms. The number of hydrogen-bond acceptors (Lipinski definition) is 15. The summed E-state index contributed by atoms with van der Waals surface area (Å²) in [6, 6.07) is 0. The first-order valence-corrected chi connectivity index (χ1v) is 42.4. The molecule has 0 spiro atoms. The van der Waals surface area contributed by atoms with Crippen molar-refractivity contribution in [2.75, 3.05) is 39.6 Å². The molecule has 0 fully saturated rings. The number of rotatable bonds is 73. The standard InChI is InChI=1S/C83H140O17P2/c1-5-9-13-17-21-25-29-32-35-37-38-40-42-45-49-52-56-60-64-68-81(86)94-74-79(100-83(88)70-66-62-58-54-50-46-43-39-36-33-30-26-22-18-14-10-6-2)76-98-102(91,92)96-72-77(84)71-95-101(89,90)97-75-78(99-82(87)69-65-61-57-53-47-28-24-20-16-12-8-4)73-93-80(85)67-63-59-55-51-48-44-41-34-31-27-23-19-15-11-7-3/h10-11,14-15,21-23,25-27,32-36,38,40-41,43,46,54,58,77-79,84H,5-9,12-13,16-20,24,28-31,37,39,42,44-45,47-53,55-57,59-76H2,1-4H3,(H,89,90)(H,91,92)/b14-10-,15-11-,25-21-,26-22-,27-23-,35-32-,36-33-,40-38-,41-34-,46-43-,58-54-. The number of ether oxygens (including phenoxy) is 4. The van der Waals surface area contributed by atoms with Crippen molar-refractivity contribution >= 4 is 39.5 Å². The number of phosphoric acid groups is 2. The predicted octanol–water partition coefficient (Wildman–Crippen LogP) is 22.9. The fourth-order valence-electron chi connectivity index (χ4n) is 10.2. The van der Waals surface area contributed by atoms with Gasteiger partial charge in [0.2, 0.25) is 0 Å². The summed E-state index contributed by atoms with van der Waals surface area (Å²) in [6.07, 6.45) is 83.0. The molecule has 0 radical (unpaired) electrons. The molecule has 0 aromatic heterocycles. The van der Waals surface area contributed by atoms with Gasteiger partial charge in [0, 0.05) is 25.7 Å². The van der Waals surface area contributed by atoms with E-state index >= 15 is 0 Å². The second-order valence-corrected chi connectivity index (χ2v) is 28.8. The van der Waals surface area contributed by atoms with Gasteiger partial charge in [-0.15, -0.1) is 0 Å². The zero-order valence-corrected chi connectivity index (χ0v) is 65.5. The Morgan fingerprint density at radius 1 is 0.284 bits per heavy atom. The van der Waals surface area contributed by atoms with Crippen molar-refractivity contribution in [3.05, 3.63) is 134 Å². The molecule has 102 heavy (non-hydrogen) atoms. The van der Waals surface area contributed by atoms with E-state index in [1.807, 2.05) is 12.2 Å². The van der Waals surface area contributed by atoms with Crippen molar-refractivity contribution < 1.29 is 80.2 Å². The van der Waals surface area contributed by atoms with E-state index in [0.29, 0.717) is 32.1 Å². The van der Waals surface area contributed by atoms with Crippen molar-refractivity contribution in [1.29, 1.82) is 0 Å². The first kappa shape index (κ1) is 97.2. The van der Waals surface area contributed by atoms with Crippen LogP contribution in [0.5, 0.6) is 0 Å². The van der Waals surface area contributed by atoms with Gasteiger partial charge in [-0.05, 0) is 135 Å². The maximum absolute atomic E-state index is 13.1. The van der Waals surface area contributed by atoms with Gasteiger partial charge >= 0.3 is 39.5 Å². The van der Waals surface area contributed by atoms with Crippen LogP contribution in [0, 0.1) is 0 Å². The summed E-state index contributed by atoms with van der Waals surface area (Å²) in [7, 11) is -9.98. The zero-order valence-electron chi connectivity index (χ0n) is 63.7. The molecule has 0 heterocycles. The van der Waals surface area contributed by atoms with Gasteiger partial charge in [-0.3, -0.25) is 37.3 Å². The third-order valence-electron chi connectivity index (χ3n) is 16.1. The Labute approximate surface area is 618 Å². The van der Waals surface area contributed by atoms with Gasteiger partial charge in [0.15, 0.2) is 12.2 Å². The topological polar surface area (TPSA) is 237 Å². The van der Waals surface area contributed by atoms with Gasteiger partial charge in [-0.1, -0.05) is 283 Å². The number of esters is 4. The van der Waals surface area contributed by atoms with Crippen molar-refractivity contribution in [3.8, 4) is 0 Å². The minimum atomic E-state index is -5.00. The summed E-state index contributed by atoms with van der Waals surface area (Å²) < 4.78 is 68.5. The Hall–Kier alpha value is -4.80. The molecule has 3 N–H and O–H groups in total. The van der Waals surface area contributed by atoms with Gasteiger partial charge < -0.3 is 33.8 Å². The van der Waals surface area contributed by atoms with Crippen LogP contribution in [0.2, 0.25) is 0 Å². The Morgan fingerprint density at radius 2 is 0.520 bits per heavy atom. The van der Waals surface area contributed by atoms with E-state index in [-0.39, 0.29) is 25.7 Å². The van der Waals surface area contributed by atoms with Gasteiger partial charge in [-0.2, -0.15) is 0 Å². The normalized spacial score (nSPS) is 14.6. The quantitative estimate of drug-likeness (QED) is 0.0169. The number of aliphatic hydroxyl groups is 1. The lowest BCUT2D eigenvalue weighted by Gasteiger charge is -2.21. The average Bonchev–Trinajstić information content (AvgIpc) is 0.927. The number of phosphoric ester groups is 2. The van der Waals surface area contributed by atoms with E-state index < -0.39 is 97.5 Å². The average molecular weight is 1470 g/mol. The number of carbonyl (C=O) groups excluding carboxylic acids is 4. The van der Waals surface area contributed by atoms with Crippen molar-refractivity contribution in [2.45, 2.75) is 329 Å². The molecule has 0 aromatic rings. The molecule has 5 unspecified atom stereocenters. The van der Waals surface area contributed by atoms with E-state index in [9.17, 15) is 43.2 Å². The van der Waals surface area contributed by atoms with Crippen LogP contribution in [0.1, 0.15) is 310 Å². The largest absolute Gasteiger partial charge is 0.472 e. The smallest absolute Gasteiger partial charge is 0.462 e. The maximum Gasteiger partial charge on any atom is 0.472 e. The van der Waals surface area contributed by atoms with Crippen LogP contribution in [0.3, 0.4) is 0 Å². The highest BCUT2D eigenvalue weighted by atomic mass is 31.2. The SMILES string of the molecule is CC/C=C\C/C=C\C/C=C\C/C=C\C/C=C\CCCC(=O)OC(COC(=O)CCCCCCCC/C=C\C/C=C\C/C=C\CCCCC)COP(=O)(O)OCC(O)COP(=O)(O)OCC(COC(=O)CCCCCCC/C=C\C/C=C\C/C=C\CC)OC(=O)CCCCCCCCCCCCC. The molecule has 0 aliphatic rings. The summed E-state index contributed by atoms with van der Waals surface area (Å²) in [4.78, 5) is 72.9. The zero-order chi connectivity index (χ0) is 74.6. The van der Waals surface area contributed by atoms with Gasteiger partial charge in [0.1, 0.15) is 19.3 Å².